The summed E-state index contributed by atoms with van der Waals surface area (Å²) in [5.41, 5.74) is 2.95. The number of rotatable bonds is 5. The highest BCUT2D eigenvalue weighted by atomic mass is 16.5. The van der Waals surface area contributed by atoms with E-state index < -0.39 is 0 Å². The Morgan fingerprint density at radius 3 is 2.69 bits per heavy atom. The van der Waals surface area contributed by atoms with E-state index in [0.717, 1.165) is 60.6 Å². The molecule has 0 aliphatic carbocycles. The van der Waals surface area contributed by atoms with Crippen LogP contribution in [0, 0.1) is 0 Å². The third kappa shape index (κ3) is 3.62. The van der Waals surface area contributed by atoms with Crippen LogP contribution in [-0.4, -0.2) is 48.6 Å². The van der Waals surface area contributed by atoms with Gasteiger partial charge < -0.3 is 19.7 Å². The number of nitrogens with zero attached hydrogens (tertiary/aromatic N) is 3. The zero-order chi connectivity index (χ0) is 17.8. The Labute approximate surface area is 152 Å². The van der Waals surface area contributed by atoms with E-state index in [9.17, 15) is 0 Å². The summed E-state index contributed by atoms with van der Waals surface area (Å²) in [6.45, 7) is 3.20. The highest BCUT2D eigenvalue weighted by Crippen LogP contribution is 2.25. The first-order valence-electron chi connectivity index (χ1n) is 8.57. The topological polar surface area (TPSA) is 75.3 Å². The second-order valence-electron chi connectivity index (χ2n) is 6.02. The van der Waals surface area contributed by atoms with Crippen molar-refractivity contribution >= 4 is 17.3 Å². The average Bonchev–Trinajstić information content (AvgIpc) is 3.17. The summed E-state index contributed by atoms with van der Waals surface area (Å²) < 4.78 is 10.6. The number of methoxy groups -OCH3 is 1. The summed E-state index contributed by atoms with van der Waals surface area (Å²) in [5.74, 6) is 2.54. The van der Waals surface area contributed by atoms with Crippen molar-refractivity contribution in [2.24, 2.45) is 0 Å². The molecule has 0 spiro atoms. The van der Waals surface area contributed by atoms with Crippen LogP contribution in [0.2, 0.25) is 0 Å². The summed E-state index contributed by atoms with van der Waals surface area (Å²) in [7, 11) is 1.66. The normalized spacial score (nSPS) is 14.3. The monoisotopic (exact) mass is 351 g/mol. The number of hydrogen-bond donors (Lipinski definition) is 2. The van der Waals surface area contributed by atoms with Gasteiger partial charge in [-0.15, -0.1) is 0 Å². The zero-order valence-electron chi connectivity index (χ0n) is 14.6. The van der Waals surface area contributed by atoms with Crippen LogP contribution in [0.1, 0.15) is 0 Å². The number of aromatic nitrogens is 3. The predicted molar refractivity (Wildman–Crippen MR) is 101 cm³/mol. The van der Waals surface area contributed by atoms with E-state index in [1.54, 1.807) is 7.11 Å². The van der Waals surface area contributed by atoms with Crippen molar-refractivity contribution in [1.82, 2.24) is 15.2 Å². The fourth-order valence-corrected chi connectivity index (χ4v) is 2.91. The van der Waals surface area contributed by atoms with Gasteiger partial charge in [-0.3, -0.25) is 5.10 Å². The van der Waals surface area contributed by atoms with Crippen LogP contribution < -0.4 is 15.0 Å². The van der Waals surface area contributed by atoms with Gasteiger partial charge >= 0.3 is 0 Å². The Morgan fingerprint density at radius 1 is 1.12 bits per heavy atom. The molecule has 7 nitrogen and oxygen atoms in total. The second-order valence-corrected chi connectivity index (χ2v) is 6.02. The van der Waals surface area contributed by atoms with Crippen molar-refractivity contribution in [3.05, 3.63) is 48.7 Å². The van der Waals surface area contributed by atoms with Crippen molar-refractivity contribution in [2.75, 3.05) is 43.6 Å². The van der Waals surface area contributed by atoms with E-state index in [4.69, 9.17) is 9.47 Å². The number of nitrogens with one attached hydrogen (secondary N) is 2. The summed E-state index contributed by atoms with van der Waals surface area (Å²) in [5, 5.41) is 10.7. The zero-order valence-corrected chi connectivity index (χ0v) is 14.6. The molecule has 0 atom stereocenters. The van der Waals surface area contributed by atoms with Crippen molar-refractivity contribution < 1.29 is 9.47 Å². The number of aromatic amines is 1. The highest BCUT2D eigenvalue weighted by molar-refractivity contribution is 5.67. The maximum atomic E-state index is 5.40. The standard InChI is InChI=1S/C19H21N5O2/c1-25-16-4-2-14(3-5-16)17-13-18(23-22-17)21-15-6-7-20-19(12-15)24-8-10-26-11-9-24/h2-7,12-13H,8-11H2,1H3,(H2,20,21,22,23). The fourth-order valence-electron chi connectivity index (χ4n) is 2.91. The van der Waals surface area contributed by atoms with Crippen LogP contribution in [0.5, 0.6) is 5.75 Å². The maximum absolute atomic E-state index is 5.40. The minimum atomic E-state index is 0.740. The van der Waals surface area contributed by atoms with Gasteiger partial charge in [-0.05, 0) is 35.9 Å². The molecule has 2 N–H and O–H groups in total. The number of pyridine rings is 1. The number of benzene rings is 1. The Hall–Kier alpha value is -3.06. The SMILES string of the molecule is COc1ccc(-c2cc(Nc3ccnc(N4CCOCC4)c3)n[nH]2)cc1. The van der Waals surface area contributed by atoms with E-state index in [1.807, 2.05) is 48.7 Å². The molecule has 0 bridgehead atoms. The smallest absolute Gasteiger partial charge is 0.152 e. The van der Waals surface area contributed by atoms with Crippen LogP contribution >= 0.6 is 0 Å². The minimum absolute atomic E-state index is 0.740. The van der Waals surface area contributed by atoms with Gasteiger partial charge in [0.05, 0.1) is 26.0 Å². The summed E-state index contributed by atoms with van der Waals surface area (Å²) >= 11 is 0. The molecule has 4 rings (SSSR count). The van der Waals surface area contributed by atoms with Crippen molar-refractivity contribution in [3.63, 3.8) is 0 Å². The Morgan fingerprint density at radius 2 is 1.92 bits per heavy atom. The average molecular weight is 351 g/mol. The Kier molecular flexibility index (Phi) is 4.70. The molecule has 134 valence electrons. The molecule has 3 aromatic rings. The molecule has 1 aliphatic rings. The first-order chi connectivity index (χ1) is 12.8. The summed E-state index contributed by atoms with van der Waals surface area (Å²) in [6, 6.07) is 13.8. The Balaban J connectivity index is 1.48. The lowest BCUT2D eigenvalue weighted by Crippen LogP contribution is -2.36. The highest BCUT2D eigenvalue weighted by Gasteiger charge is 2.13. The van der Waals surface area contributed by atoms with Gasteiger partial charge in [0.25, 0.3) is 0 Å². The first kappa shape index (κ1) is 16.4. The van der Waals surface area contributed by atoms with Gasteiger partial charge in [-0.25, -0.2) is 4.98 Å². The molecular formula is C19H21N5O2. The number of ether oxygens (including phenoxy) is 2. The fraction of sp³-hybridized carbons (Fsp3) is 0.263. The predicted octanol–water partition coefficient (Wildman–Crippen LogP) is 3.06. The molecule has 1 aliphatic heterocycles. The van der Waals surface area contributed by atoms with Gasteiger partial charge in [0.2, 0.25) is 0 Å². The molecule has 3 heterocycles. The third-order valence-corrected chi connectivity index (χ3v) is 4.33. The first-order valence-corrected chi connectivity index (χ1v) is 8.57. The molecular weight excluding hydrogens is 330 g/mol. The second kappa shape index (κ2) is 7.45. The molecule has 0 radical (unpaired) electrons. The molecule has 26 heavy (non-hydrogen) atoms. The van der Waals surface area contributed by atoms with Crippen LogP contribution in [0.25, 0.3) is 11.3 Å². The number of hydrogen-bond acceptors (Lipinski definition) is 6. The quantitative estimate of drug-likeness (QED) is 0.736. The van der Waals surface area contributed by atoms with Crippen molar-refractivity contribution in [3.8, 4) is 17.0 Å². The minimum Gasteiger partial charge on any atom is -0.497 e. The molecule has 1 fully saturated rings. The largest absolute Gasteiger partial charge is 0.497 e. The Bertz CT molecular complexity index is 856. The molecule has 0 amide bonds. The van der Waals surface area contributed by atoms with Gasteiger partial charge in [0.15, 0.2) is 5.82 Å². The number of anilines is 3. The lowest BCUT2D eigenvalue weighted by Gasteiger charge is -2.27. The van der Waals surface area contributed by atoms with Crippen LogP contribution in [0.3, 0.4) is 0 Å². The van der Waals surface area contributed by atoms with Gasteiger partial charge in [-0.1, -0.05) is 0 Å². The number of H-pyrrole nitrogens is 1. The molecule has 7 heteroatoms. The van der Waals surface area contributed by atoms with E-state index >= 15 is 0 Å². The van der Waals surface area contributed by atoms with Crippen LogP contribution in [0.15, 0.2) is 48.7 Å². The van der Waals surface area contributed by atoms with Gasteiger partial charge in [0, 0.05) is 37.1 Å². The third-order valence-electron chi connectivity index (χ3n) is 4.33. The van der Waals surface area contributed by atoms with Crippen molar-refractivity contribution in [1.29, 1.82) is 0 Å². The van der Waals surface area contributed by atoms with Crippen LogP contribution in [0.4, 0.5) is 17.3 Å². The molecule has 0 saturated carbocycles. The molecule has 1 saturated heterocycles. The molecule has 0 unspecified atom stereocenters. The van der Waals surface area contributed by atoms with Gasteiger partial charge in [-0.2, -0.15) is 5.10 Å². The molecule has 1 aromatic carbocycles. The summed E-state index contributed by atoms with van der Waals surface area (Å²) in [6.07, 6.45) is 1.81. The molecule has 2 aromatic heterocycles. The lowest BCUT2D eigenvalue weighted by molar-refractivity contribution is 0.122. The van der Waals surface area contributed by atoms with Crippen molar-refractivity contribution in [2.45, 2.75) is 0 Å². The summed E-state index contributed by atoms with van der Waals surface area (Å²) in [4.78, 5) is 6.69. The van der Waals surface area contributed by atoms with Gasteiger partial charge in [0.1, 0.15) is 11.6 Å². The van der Waals surface area contributed by atoms with E-state index in [1.165, 1.54) is 0 Å². The maximum Gasteiger partial charge on any atom is 0.152 e. The van der Waals surface area contributed by atoms with E-state index in [2.05, 4.69) is 25.4 Å². The van der Waals surface area contributed by atoms with Crippen LogP contribution in [-0.2, 0) is 4.74 Å². The number of morpholine rings is 1. The van der Waals surface area contributed by atoms with E-state index in [-0.39, 0.29) is 0 Å². The lowest BCUT2D eigenvalue weighted by atomic mass is 10.1. The van der Waals surface area contributed by atoms with E-state index in [0.29, 0.717) is 0 Å².